The quantitative estimate of drug-likeness (QED) is 0.0937. The largest absolute Gasteiger partial charge is 0.505 e. The number of likely N-dealkylation sites (tertiary alicyclic amines) is 1. The Morgan fingerprint density at radius 3 is 2.56 bits per heavy atom. The number of imidazole rings is 2. The Kier molecular flexibility index (Phi) is 9.13. The summed E-state index contributed by atoms with van der Waals surface area (Å²) in [6.45, 7) is 9.70. The Morgan fingerprint density at radius 2 is 1.84 bits per heavy atom. The SMILES string of the molecule is CCCCCOc1ccc(C2C(=C(O)c3nc4c(C)cccn4c3C)C(=O)C(=O)N2CCCn2ccnc2)cc1OCC. The monoisotopic (exact) mass is 585 g/mol. The van der Waals surface area contributed by atoms with Crippen molar-refractivity contribution in [3.8, 4) is 11.5 Å². The topological polar surface area (TPSA) is 111 Å². The third kappa shape index (κ3) is 6.00. The van der Waals surface area contributed by atoms with E-state index in [4.69, 9.17) is 14.5 Å². The van der Waals surface area contributed by atoms with E-state index in [0.29, 0.717) is 61.1 Å². The van der Waals surface area contributed by atoms with Crippen LogP contribution in [-0.2, 0) is 16.1 Å². The number of aromatic nitrogens is 4. The summed E-state index contributed by atoms with van der Waals surface area (Å²) in [4.78, 5) is 37.5. The van der Waals surface area contributed by atoms with Crippen molar-refractivity contribution in [1.82, 2.24) is 23.8 Å². The number of carbonyl (C=O) groups is 2. The molecule has 10 nitrogen and oxygen atoms in total. The van der Waals surface area contributed by atoms with Gasteiger partial charge in [-0.3, -0.25) is 9.59 Å². The van der Waals surface area contributed by atoms with Crippen LogP contribution in [0.2, 0.25) is 0 Å². The molecular weight excluding hydrogens is 546 g/mol. The molecule has 43 heavy (non-hydrogen) atoms. The molecule has 226 valence electrons. The van der Waals surface area contributed by atoms with Gasteiger partial charge < -0.3 is 28.4 Å². The van der Waals surface area contributed by atoms with Gasteiger partial charge in [-0.15, -0.1) is 0 Å². The maximum absolute atomic E-state index is 13.7. The number of rotatable bonds is 13. The van der Waals surface area contributed by atoms with Crippen molar-refractivity contribution in [3.05, 3.63) is 83.3 Å². The smallest absolute Gasteiger partial charge is 0.295 e. The van der Waals surface area contributed by atoms with E-state index in [9.17, 15) is 14.7 Å². The molecule has 0 aliphatic carbocycles. The van der Waals surface area contributed by atoms with E-state index in [0.717, 1.165) is 24.8 Å². The summed E-state index contributed by atoms with van der Waals surface area (Å²) in [5, 5.41) is 11.7. The van der Waals surface area contributed by atoms with Crippen molar-refractivity contribution in [3.63, 3.8) is 0 Å². The highest BCUT2D eigenvalue weighted by molar-refractivity contribution is 6.46. The second-order valence-corrected chi connectivity index (χ2v) is 10.8. The molecule has 1 aromatic carbocycles. The van der Waals surface area contributed by atoms with Gasteiger partial charge in [0.15, 0.2) is 17.3 Å². The first-order valence-electron chi connectivity index (χ1n) is 14.9. The molecule has 5 rings (SSSR count). The Labute approximate surface area is 251 Å². The number of fused-ring (bicyclic) bond motifs is 1. The Bertz CT molecular complexity index is 1640. The highest BCUT2D eigenvalue weighted by atomic mass is 16.5. The summed E-state index contributed by atoms with van der Waals surface area (Å²) in [7, 11) is 0. The number of hydrogen-bond acceptors (Lipinski definition) is 7. The summed E-state index contributed by atoms with van der Waals surface area (Å²) >= 11 is 0. The van der Waals surface area contributed by atoms with Crippen molar-refractivity contribution in [1.29, 1.82) is 0 Å². The van der Waals surface area contributed by atoms with Gasteiger partial charge in [0.1, 0.15) is 11.3 Å². The number of Topliss-reactive ketones (excluding diaryl/α,β-unsaturated/α-hetero) is 1. The number of benzene rings is 1. The van der Waals surface area contributed by atoms with Crippen LogP contribution in [0.4, 0.5) is 0 Å². The number of ether oxygens (including phenoxy) is 2. The lowest BCUT2D eigenvalue weighted by Crippen LogP contribution is -2.31. The molecule has 1 saturated heterocycles. The molecule has 4 heterocycles. The standard InChI is InChI=1S/C33H39N5O5/c1-5-7-8-19-43-25-13-12-24(20-26(25)42-6-2)29-27(30(39)28-23(4)37-16-9-11-22(3)32(37)35-28)31(40)33(41)38(29)17-10-15-36-18-14-34-21-36/h9,11-14,16,18,20-21,29,39H,5-8,10,15,17,19H2,1-4H3. The van der Waals surface area contributed by atoms with Crippen LogP contribution in [0.5, 0.6) is 11.5 Å². The van der Waals surface area contributed by atoms with Crippen molar-refractivity contribution in [2.75, 3.05) is 19.8 Å². The Morgan fingerprint density at radius 1 is 1.00 bits per heavy atom. The van der Waals surface area contributed by atoms with E-state index >= 15 is 0 Å². The number of aliphatic hydroxyl groups excluding tert-OH is 1. The van der Waals surface area contributed by atoms with Crippen molar-refractivity contribution in [2.24, 2.45) is 0 Å². The minimum Gasteiger partial charge on any atom is -0.505 e. The molecule has 0 bridgehead atoms. The second kappa shape index (κ2) is 13.1. The first-order chi connectivity index (χ1) is 20.8. The molecular formula is C33H39N5O5. The van der Waals surface area contributed by atoms with Crippen LogP contribution in [-0.4, -0.2) is 60.4 Å². The van der Waals surface area contributed by atoms with E-state index in [1.54, 1.807) is 12.5 Å². The molecule has 1 amide bonds. The van der Waals surface area contributed by atoms with Crippen LogP contribution >= 0.6 is 0 Å². The third-order valence-electron chi connectivity index (χ3n) is 7.81. The summed E-state index contributed by atoms with van der Waals surface area (Å²) < 4.78 is 15.8. The lowest BCUT2D eigenvalue weighted by Gasteiger charge is -2.26. The van der Waals surface area contributed by atoms with Crippen LogP contribution in [0.1, 0.15) is 68.1 Å². The molecule has 1 unspecified atom stereocenters. The van der Waals surface area contributed by atoms with Gasteiger partial charge in [-0.05, 0) is 62.9 Å². The second-order valence-electron chi connectivity index (χ2n) is 10.8. The highest BCUT2D eigenvalue weighted by Gasteiger charge is 2.46. The average Bonchev–Trinajstić information content (AvgIpc) is 3.70. The predicted octanol–water partition coefficient (Wildman–Crippen LogP) is 5.63. The van der Waals surface area contributed by atoms with E-state index in [1.165, 1.54) is 4.90 Å². The zero-order chi connectivity index (χ0) is 30.5. The fourth-order valence-corrected chi connectivity index (χ4v) is 5.59. The molecule has 1 aliphatic rings. The lowest BCUT2D eigenvalue weighted by atomic mass is 9.96. The number of nitrogens with zero attached hydrogens (tertiary/aromatic N) is 5. The normalized spacial score (nSPS) is 16.4. The van der Waals surface area contributed by atoms with Crippen LogP contribution in [0, 0.1) is 13.8 Å². The number of hydrogen-bond donors (Lipinski definition) is 1. The predicted molar refractivity (Wildman–Crippen MR) is 163 cm³/mol. The third-order valence-corrected chi connectivity index (χ3v) is 7.81. The number of aliphatic hydroxyl groups is 1. The van der Waals surface area contributed by atoms with Gasteiger partial charge in [-0.25, -0.2) is 9.97 Å². The van der Waals surface area contributed by atoms with Crippen LogP contribution in [0.3, 0.4) is 0 Å². The van der Waals surface area contributed by atoms with E-state index in [2.05, 4.69) is 11.9 Å². The fraction of sp³-hybridized carbons (Fsp3) is 0.394. The highest BCUT2D eigenvalue weighted by Crippen LogP contribution is 2.42. The molecule has 1 aliphatic heterocycles. The minimum absolute atomic E-state index is 0.0100. The van der Waals surface area contributed by atoms with E-state index in [-0.39, 0.29) is 17.0 Å². The molecule has 0 spiro atoms. The zero-order valence-corrected chi connectivity index (χ0v) is 25.2. The van der Waals surface area contributed by atoms with Gasteiger partial charge in [0.05, 0.1) is 36.8 Å². The number of aryl methyl sites for hydroxylation is 3. The first kappa shape index (κ1) is 29.9. The van der Waals surface area contributed by atoms with E-state index in [1.807, 2.05) is 72.5 Å². The number of ketones is 1. The number of pyridine rings is 1. The molecule has 1 N–H and O–H groups in total. The van der Waals surface area contributed by atoms with Crippen LogP contribution in [0.15, 0.2) is 60.8 Å². The van der Waals surface area contributed by atoms with Crippen molar-refractivity contribution in [2.45, 2.75) is 66.0 Å². The Balaban J connectivity index is 1.58. The number of amides is 1. The molecule has 3 aromatic heterocycles. The zero-order valence-electron chi connectivity index (χ0n) is 25.2. The van der Waals surface area contributed by atoms with Gasteiger partial charge >= 0.3 is 0 Å². The number of unbranched alkanes of at least 4 members (excludes halogenated alkanes) is 2. The van der Waals surface area contributed by atoms with Gasteiger partial charge in [-0.1, -0.05) is 31.9 Å². The number of carbonyl (C=O) groups excluding carboxylic acids is 2. The van der Waals surface area contributed by atoms with Crippen LogP contribution < -0.4 is 9.47 Å². The van der Waals surface area contributed by atoms with E-state index < -0.39 is 17.7 Å². The summed E-state index contributed by atoms with van der Waals surface area (Å²) in [5.41, 5.74) is 3.21. The molecule has 4 aromatic rings. The van der Waals surface area contributed by atoms with Crippen LogP contribution in [0.25, 0.3) is 11.4 Å². The molecule has 1 atom stereocenters. The summed E-state index contributed by atoms with van der Waals surface area (Å²) in [5.74, 6) is -0.562. The molecule has 0 radical (unpaired) electrons. The van der Waals surface area contributed by atoms with Gasteiger partial charge in [0.2, 0.25) is 0 Å². The minimum atomic E-state index is -0.832. The van der Waals surface area contributed by atoms with Crippen molar-refractivity contribution < 1.29 is 24.2 Å². The lowest BCUT2D eigenvalue weighted by molar-refractivity contribution is -0.139. The van der Waals surface area contributed by atoms with Gasteiger partial charge in [0, 0.05) is 31.7 Å². The van der Waals surface area contributed by atoms with Gasteiger partial charge in [0.25, 0.3) is 11.7 Å². The summed E-state index contributed by atoms with van der Waals surface area (Å²) in [6, 6.07) is 8.48. The summed E-state index contributed by atoms with van der Waals surface area (Å²) in [6.07, 6.45) is 10.8. The maximum atomic E-state index is 13.7. The van der Waals surface area contributed by atoms with Crippen molar-refractivity contribution >= 4 is 23.1 Å². The first-order valence-corrected chi connectivity index (χ1v) is 14.9. The molecule has 0 saturated carbocycles. The maximum Gasteiger partial charge on any atom is 0.295 e. The average molecular weight is 586 g/mol. The molecule has 10 heteroatoms. The van der Waals surface area contributed by atoms with Gasteiger partial charge in [-0.2, -0.15) is 0 Å². The molecule has 1 fully saturated rings. The fourth-order valence-electron chi connectivity index (χ4n) is 5.59. The Hall–Kier alpha value is -4.60.